The van der Waals surface area contributed by atoms with E-state index in [0.29, 0.717) is 69.5 Å². The topological polar surface area (TPSA) is 198 Å². The lowest BCUT2D eigenvalue weighted by atomic mass is 9.71. The van der Waals surface area contributed by atoms with Crippen LogP contribution in [0.25, 0.3) is 0 Å². The second-order valence-electron chi connectivity index (χ2n) is 19.1. The van der Waals surface area contributed by atoms with Crippen molar-refractivity contribution < 1.29 is 39.9 Å². The molecule has 3 aromatic rings. The Morgan fingerprint density at radius 1 is 0.923 bits per heavy atom. The fourth-order valence-electron chi connectivity index (χ4n) is 10.9. The summed E-state index contributed by atoms with van der Waals surface area (Å²) in [4.78, 5) is 32.1. The number of rotatable bonds is 18. The molecule has 11 nitrogen and oxygen atoms in total. The molecule has 1 aromatic heterocycles. The van der Waals surface area contributed by atoms with Crippen LogP contribution in [0.1, 0.15) is 131 Å². The van der Waals surface area contributed by atoms with Gasteiger partial charge in [0.15, 0.2) is 11.5 Å². The van der Waals surface area contributed by atoms with Gasteiger partial charge in [-0.2, -0.15) is 0 Å². The molecule has 1 fully saturated rings. The minimum absolute atomic E-state index is 0.00163. The highest BCUT2D eigenvalue weighted by molar-refractivity contribution is 6.00. The molecule has 65 heavy (non-hydrogen) atoms. The highest BCUT2D eigenvalue weighted by atomic mass is 16.5. The van der Waals surface area contributed by atoms with Crippen LogP contribution >= 0.6 is 0 Å². The molecule has 0 spiro atoms. The number of allylic oxidation sites excluding steroid dienone is 2. The first kappa shape index (κ1) is 49.6. The zero-order valence-corrected chi connectivity index (χ0v) is 38.8. The van der Waals surface area contributed by atoms with Crippen molar-refractivity contribution in [1.29, 1.82) is 0 Å². The molecule has 11 unspecified atom stereocenters. The van der Waals surface area contributed by atoms with Gasteiger partial charge in [-0.3, -0.25) is 9.59 Å². The number of phenolic OH excluding ortho intramolecular Hbond substituents is 1. The van der Waals surface area contributed by atoms with E-state index in [9.17, 15) is 35.1 Å². The molecule has 1 aliphatic heterocycles. The van der Waals surface area contributed by atoms with Crippen LogP contribution in [-0.4, -0.2) is 80.7 Å². The third-order valence-electron chi connectivity index (χ3n) is 14.5. The number of aryl methyl sites for hydroxylation is 1. The van der Waals surface area contributed by atoms with Gasteiger partial charge in [-0.05, 0) is 146 Å². The predicted octanol–water partition coefficient (Wildman–Crippen LogP) is 7.35. The zero-order chi connectivity index (χ0) is 46.6. The van der Waals surface area contributed by atoms with E-state index in [1.54, 1.807) is 19.1 Å². The smallest absolute Gasteiger partial charge is 0.160 e. The molecule has 3 aliphatic rings. The van der Waals surface area contributed by atoms with Crippen molar-refractivity contribution in [2.24, 2.45) is 41.2 Å². The number of H-pyrrole nitrogens is 1. The largest absolute Gasteiger partial charge is 0.504 e. The Morgan fingerprint density at radius 2 is 1.71 bits per heavy atom. The number of phenols is 1. The lowest BCUT2D eigenvalue weighted by molar-refractivity contribution is -0.130. The first-order valence-corrected chi connectivity index (χ1v) is 24.0. The van der Waals surface area contributed by atoms with E-state index >= 15 is 0 Å². The van der Waals surface area contributed by atoms with Crippen molar-refractivity contribution in [2.45, 2.75) is 134 Å². The van der Waals surface area contributed by atoms with Crippen molar-refractivity contribution >= 4 is 11.6 Å². The molecule has 352 valence electrons. The van der Waals surface area contributed by atoms with E-state index in [-0.39, 0.29) is 66.4 Å². The van der Waals surface area contributed by atoms with Crippen LogP contribution in [0.2, 0.25) is 0 Å². The molecule has 2 aliphatic carbocycles. The number of ketones is 2. The minimum atomic E-state index is -0.790. The fourth-order valence-corrected chi connectivity index (χ4v) is 10.9. The number of benzene rings is 2. The Labute approximate surface area is 386 Å². The monoisotopic (exact) mass is 892 g/mol. The SMILES string of the molecule is CCCC(C(O)Cc1cc(C(C)CCC(O)C(C)O)c[nH]1)C1CC(C(CCCO)C2=CCNC(N)=C2)CC2C#CC(c3ccccc3)c3cc(O)c(OC)cc3CCC(=O)CC(=O)C2C1. The van der Waals surface area contributed by atoms with Gasteiger partial charge < -0.3 is 46.3 Å². The van der Waals surface area contributed by atoms with E-state index in [0.717, 1.165) is 52.8 Å². The number of aromatic hydroxyl groups is 1. The Morgan fingerprint density at radius 3 is 2.42 bits per heavy atom. The number of methoxy groups -OCH3 is 1. The van der Waals surface area contributed by atoms with E-state index in [2.05, 4.69) is 48.1 Å². The van der Waals surface area contributed by atoms with Crippen LogP contribution in [0, 0.1) is 47.3 Å². The highest BCUT2D eigenvalue weighted by Gasteiger charge is 2.43. The predicted molar refractivity (Wildman–Crippen MR) is 254 cm³/mol. The number of carbonyl (C=O) groups is 2. The van der Waals surface area contributed by atoms with Gasteiger partial charge in [-0.25, -0.2) is 0 Å². The molecule has 11 atom stereocenters. The van der Waals surface area contributed by atoms with E-state index in [1.807, 2.05) is 42.6 Å². The molecular formula is C54H73N3O8. The van der Waals surface area contributed by atoms with Crippen molar-refractivity contribution in [1.82, 2.24) is 10.3 Å². The number of dihydropyridines is 1. The van der Waals surface area contributed by atoms with Crippen molar-refractivity contribution in [3.8, 4) is 23.3 Å². The standard InChI is InChI=1S/C54H73N3O8/c1-5-10-46(50(62)29-42-25-41(32-57-42)33(2)14-19-49(61)34(3)59)40-24-39(44(13-9-22-58)38-20-21-56-54(55)28-38)23-36-16-18-45(35-11-7-6-8-12-35)47-31-52(64)53(65-4)27-37(47)15-17-43(60)30-51(63)48(36)26-40/h6-8,11-12,20,25,27-28,31-34,36,39-40,44-46,48-50,56-59,61-62,64H,5,9-10,13-15,17,19,21-24,26,29-30,55H2,1-4H3. The van der Waals surface area contributed by atoms with Gasteiger partial charge in [0.25, 0.3) is 0 Å². The van der Waals surface area contributed by atoms with Crippen LogP contribution in [0.4, 0.5) is 0 Å². The van der Waals surface area contributed by atoms with Gasteiger partial charge >= 0.3 is 0 Å². The maximum Gasteiger partial charge on any atom is 0.160 e. The fraction of sp³-hybridized carbons (Fsp3) is 0.556. The van der Waals surface area contributed by atoms with Crippen LogP contribution in [0.5, 0.6) is 11.5 Å². The van der Waals surface area contributed by atoms with Crippen molar-refractivity contribution in [2.75, 3.05) is 20.3 Å². The van der Waals surface area contributed by atoms with Gasteiger partial charge in [0.05, 0.1) is 43.6 Å². The third kappa shape index (κ3) is 12.9. The van der Waals surface area contributed by atoms with Crippen molar-refractivity contribution in [3.63, 3.8) is 0 Å². The number of carbonyl (C=O) groups excluding carboxylic acids is 2. The number of aliphatic hydroxyl groups excluding tert-OH is 4. The average molecular weight is 892 g/mol. The second kappa shape index (κ2) is 23.5. The van der Waals surface area contributed by atoms with Crippen LogP contribution in [0.15, 0.2) is 78.3 Å². The molecule has 6 rings (SSSR count). The summed E-state index contributed by atoms with van der Waals surface area (Å²) in [7, 11) is 1.50. The quantitative estimate of drug-likeness (QED) is 0.0472. The normalized spacial score (nSPS) is 24.3. The first-order chi connectivity index (χ1) is 31.3. The Balaban J connectivity index is 1.43. The van der Waals surface area contributed by atoms with E-state index in [1.165, 1.54) is 7.11 Å². The molecule has 0 amide bonds. The average Bonchev–Trinajstić information content (AvgIpc) is 3.67. The maximum absolute atomic E-state index is 14.8. The molecule has 2 aromatic carbocycles. The Kier molecular flexibility index (Phi) is 18.0. The van der Waals surface area contributed by atoms with Crippen LogP contribution in [-0.2, 0) is 22.4 Å². The Hall–Kier alpha value is -4.86. The zero-order valence-electron chi connectivity index (χ0n) is 38.8. The molecule has 1 saturated carbocycles. The van der Waals surface area contributed by atoms with E-state index < -0.39 is 36.1 Å². The maximum atomic E-state index is 14.8. The van der Waals surface area contributed by atoms with E-state index in [4.69, 9.17) is 10.5 Å². The summed E-state index contributed by atoms with van der Waals surface area (Å²) in [5.41, 5.74) is 12.1. The minimum Gasteiger partial charge on any atom is -0.504 e. The number of nitrogens with two attached hydrogens (primary N) is 1. The number of aromatic nitrogens is 1. The summed E-state index contributed by atoms with van der Waals surface area (Å²) in [5, 5.41) is 56.9. The summed E-state index contributed by atoms with van der Waals surface area (Å²) in [6.07, 6.45) is 10.4. The number of hydrogen-bond acceptors (Lipinski definition) is 10. The van der Waals surface area contributed by atoms with Crippen LogP contribution < -0.4 is 15.8 Å². The number of aliphatic hydroxyl groups is 4. The summed E-state index contributed by atoms with van der Waals surface area (Å²) in [6.45, 7) is 6.45. The number of hydrogen-bond donors (Lipinski definition) is 8. The number of ether oxygens (including phenoxy) is 1. The van der Waals surface area contributed by atoms with Gasteiger partial charge in [0.2, 0.25) is 0 Å². The molecule has 0 radical (unpaired) electrons. The molecule has 9 N–H and O–H groups in total. The second-order valence-corrected chi connectivity index (χ2v) is 19.1. The summed E-state index contributed by atoms with van der Waals surface area (Å²) in [6, 6.07) is 15.5. The summed E-state index contributed by atoms with van der Waals surface area (Å²) >= 11 is 0. The van der Waals surface area contributed by atoms with Crippen LogP contribution in [0.3, 0.4) is 0 Å². The van der Waals surface area contributed by atoms with Crippen molar-refractivity contribution in [3.05, 3.63) is 106 Å². The van der Waals surface area contributed by atoms with Gasteiger partial charge in [0, 0.05) is 49.7 Å². The number of nitrogens with one attached hydrogen (secondary N) is 2. The van der Waals surface area contributed by atoms with Gasteiger partial charge in [0.1, 0.15) is 11.6 Å². The number of Topliss-reactive ketones (excluding diaryl/α,β-unsaturated/α-hetero) is 2. The summed E-state index contributed by atoms with van der Waals surface area (Å²) < 4.78 is 5.51. The molecule has 0 saturated heterocycles. The van der Waals surface area contributed by atoms with Gasteiger partial charge in [-0.1, -0.05) is 68.5 Å². The first-order valence-electron chi connectivity index (χ1n) is 24.0. The lowest BCUT2D eigenvalue weighted by Crippen LogP contribution is -2.34. The molecule has 2 heterocycles. The molecular weight excluding hydrogens is 819 g/mol. The third-order valence-corrected chi connectivity index (χ3v) is 14.5. The number of aromatic amines is 1. The highest BCUT2D eigenvalue weighted by Crippen LogP contribution is 2.48. The Bertz CT molecular complexity index is 2170. The number of fused-ring (bicyclic) bond motifs is 2. The van der Waals surface area contributed by atoms with Gasteiger partial charge in [-0.15, -0.1) is 0 Å². The molecule has 0 bridgehead atoms. The molecule has 11 heteroatoms. The lowest BCUT2D eigenvalue weighted by Gasteiger charge is -2.35. The summed E-state index contributed by atoms with van der Waals surface area (Å²) in [5.74, 6) is 6.49.